The van der Waals surface area contributed by atoms with Gasteiger partial charge in [0.1, 0.15) is 17.9 Å². The summed E-state index contributed by atoms with van der Waals surface area (Å²) in [5.74, 6) is -2.18. The van der Waals surface area contributed by atoms with Gasteiger partial charge < -0.3 is 15.4 Å². The first-order chi connectivity index (χ1) is 14.4. The number of hydrogen-bond donors (Lipinski definition) is 1. The average molecular weight is 421 g/mol. The van der Waals surface area contributed by atoms with E-state index >= 15 is 0 Å². The van der Waals surface area contributed by atoms with Crippen molar-refractivity contribution in [2.75, 3.05) is 38.5 Å². The molecule has 0 unspecified atom stereocenters. The van der Waals surface area contributed by atoms with Crippen molar-refractivity contribution in [3.05, 3.63) is 24.2 Å². The Kier molecular flexibility index (Phi) is 4.95. The number of halogens is 2. The molecule has 5 heterocycles. The normalized spacial score (nSPS) is 29.3. The van der Waals surface area contributed by atoms with Gasteiger partial charge in [-0.3, -0.25) is 4.90 Å². The maximum atomic E-state index is 14.5. The fourth-order valence-electron chi connectivity index (χ4n) is 5.65. The van der Waals surface area contributed by atoms with Crippen LogP contribution in [0.5, 0.6) is 0 Å². The lowest BCUT2D eigenvalue weighted by Gasteiger charge is -2.45. The summed E-state index contributed by atoms with van der Waals surface area (Å²) in [6, 6.07) is 3.87. The quantitative estimate of drug-likeness (QED) is 0.820. The summed E-state index contributed by atoms with van der Waals surface area (Å²) >= 11 is 0. The molecule has 9 heteroatoms. The smallest absolute Gasteiger partial charge is 0.262 e. The maximum absolute atomic E-state index is 14.5. The topological polar surface area (TPSA) is 71.9 Å². The molecule has 2 atom stereocenters. The molecule has 3 fully saturated rings. The summed E-state index contributed by atoms with van der Waals surface area (Å²) in [6.07, 6.45) is 4.60. The number of nitrogens with zero attached hydrogens (tertiary/aromatic N) is 5. The molecule has 0 radical (unpaired) electrons. The predicted molar refractivity (Wildman–Crippen MR) is 109 cm³/mol. The van der Waals surface area contributed by atoms with Crippen LogP contribution in [0, 0.1) is 0 Å². The fraction of sp³-hybridized carbons (Fsp3) is 0.714. The molecule has 3 aliphatic heterocycles. The van der Waals surface area contributed by atoms with Crippen molar-refractivity contribution in [2.45, 2.75) is 62.7 Å². The Morgan fingerprint density at radius 3 is 2.80 bits per heavy atom. The lowest BCUT2D eigenvalue weighted by molar-refractivity contribution is -0.0166. The molecule has 5 rings (SSSR count). The number of nitrogen functional groups attached to an aromatic ring is 1. The number of anilines is 1. The Morgan fingerprint density at radius 2 is 2.03 bits per heavy atom. The Hall–Kier alpha value is -1.84. The third-order valence-corrected chi connectivity index (χ3v) is 7.29. The van der Waals surface area contributed by atoms with Gasteiger partial charge in [-0.05, 0) is 57.5 Å². The lowest BCUT2D eigenvalue weighted by atomic mass is 9.84. The predicted octanol–water partition coefficient (Wildman–Crippen LogP) is 2.73. The molecule has 2 aromatic rings. The zero-order valence-corrected chi connectivity index (χ0v) is 17.4. The molecule has 30 heavy (non-hydrogen) atoms. The molecule has 0 saturated carbocycles. The summed E-state index contributed by atoms with van der Waals surface area (Å²) in [5, 5.41) is 4.31. The average Bonchev–Trinajstić information content (AvgIpc) is 3.40. The van der Waals surface area contributed by atoms with Crippen LogP contribution in [-0.2, 0) is 4.74 Å². The highest BCUT2D eigenvalue weighted by Gasteiger charge is 2.55. The zero-order chi connectivity index (χ0) is 20.9. The lowest BCUT2D eigenvalue weighted by Crippen LogP contribution is -2.53. The summed E-state index contributed by atoms with van der Waals surface area (Å²) in [6.45, 7) is 5.33. The van der Waals surface area contributed by atoms with E-state index < -0.39 is 5.92 Å². The van der Waals surface area contributed by atoms with Crippen LogP contribution in [-0.4, -0.2) is 74.7 Å². The van der Waals surface area contributed by atoms with E-state index in [1.54, 1.807) is 4.52 Å². The van der Waals surface area contributed by atoms with Crippen LogP contribution in [0.3, 0.4) is 0 Å². The van der Waals surface area contributed by atoms with Gasteiger partial charge in [-0.2, -0.15) is 5.10 Å². The van der Waals surface area contributed by atoms with Crippen LogP contribution in [0.1, 0.15) is 50.8 Å². The molecule has 3 aliphatic rings. The SMILES string of the molecule is CCN1CCC2(CC1)CC(F)(F)CN2C[C@@H]1CC[C@H](c2ccc3c(N)ncnn23)O1. The molecule has 0 amide bonds. The number of nitrogens with two attached hydrogens (primary N) is 1. The number of piperidine rings is 1. The van der Waals surface area contributed by atoms with Gasteiger partial charge in [0, 0.05) is 18.5 Å². The number of alkyl halides is 2. The summed E-state index contributed by atoms with van der Waals surface area (Å²) in [5.41, 5.74) is 7.25. The first-order valence-corrected chi connectivity index (χ1v) is 11.0. The number of likely N-dealkylation sites (tertiary alicyclic amines) is 2. The van der Waals surface area contributed by atoms with E-state index in [2.05, 4.69) is 21.9 Å². The minimum absolute atomic E-state index is 0.0206. The second-order valence-electron chi connectivity index (χ2n) is 9.10. The van der Waals surface area contributed by atoms with Crippen molar-refractivity contribution in [2.24, 2.45) is 0 Å². The molecule has 7 nitrogen and oxygen atoms in total. The summed E-state index contributed by atoms with van der Waals surface area (Å²) < 4.78 is 37.0. The van der Waals surface area contributed by atoms with E-state index in [-0.39, 0.29) is 30.7 Å². The number of hydrogen-bond acceptors (Lipinski definition) is 6. The molecule has 0 aromatic carbocycles. The van der Waals surface area contributed by atoms with E-state index in [9.17, 15) is 8.78 Å². The number of fused-ring (bicyclic) bond motifs is 1. The van der Waals surface area contributed by atoms with Crippen LogP contribution in [0.4, 0.5) is 14.6 Å². The maximum Gasteiger partial charge on any atom is 0.262 e. The van der Waals surface area contributed by atoms with Crippen molar-refractivity contribution < 1.29 is 13.5 Å². The van der Waals surface area contributed by atoms with E-state index in [1.807, 2.05) is 17.0 Å². The summed E-state index contributed by atoms with van der Waals surface area (Å²) in [4.78, 5) is 8.43. The number of rotatable bonds is 4. The molecule has 1 spiro atoms. The first-order valence-electron chi connectivity index (χ1n) is 11.0. The Morgan fingerprint density at radius 1 is 1.23 bits per heavy atom. The van der Waals surface area contributed by atoms with Gasteiger partial charge >= 0.3 is 0 Å². The van der Waals surface area contributed by atoms with Gasteiger partial charge in [0.2, 0.25) is 0 Å². The molecular formula is C21H30F2N6O. The van der Waals surface area contributed by atoms with Gasteiger partial charge in [0.05, 0.1) is 18.3 Å². The van der Waals surface area contributed by atoms with Gasteiger partial charge in [-0.15, -0.1) is 0 Å². The van der Waals surface area contributed by atoms with Crippen LogP contribution >= 0.6 is 0 Å². The van der Waals surface area contributed by atoms with Crippen LogP contribution < -0.4 is 5.73 Å². The fourth-order valence-corrected chi connectivity index (χ4v) is 5.65. The van der Waals surface area contributed by atoms with Gasteiger partial charge in [-0.1, -0.05) is 6.92 Å². The van der Waals surface area contributed by atoms with Crippen molar-refractivity contribution in [1.29, 1.82) is 0 Å². The van der Waals surface area contributed by atoms with Crippen LogP contribution in [0.2, 0.25) is 0 Å². The van der Waals surface area contributed by atoms with Gasteiger partial charge in [0.15, 0.2) is 5.82 Å². The van der Waals surface area contributed by atoms with Gasteiger partial charge in [-0.25, -0.2) is 18.3 Å². The van der Waals surface area contributed by atoms with E-state index in [0.29, 0.717) is 12.4 Å². The molecule has 0 bridgehead atoms. The Balaban J connectivity index is 1.29. The van der Waals surface area contributed by atoms with Crippen molar-refractivity contribution in [1.82, 2.24) is 24.4 Å². The van der Waals surface area contributed by atoms with Crippen LogP contribution in [0.15, 0.2) is 18.5 Å². The molecule has 3 saturated heterocycles. The Labute approximate surface area is 175 Å². The minimum Gasteiger partial charge on any atom is -0.382 e. The molecular weight excluding hydrogens is 390 g/mol. The molecule has 2 aromatic heterocycles. The second kappa shape index (κ2) is 7.39. The van der Waals surface area contributed by atoms with Gasteiger partial charge in [0.25, 0.3) is 5.92 Å². The van der Waals surface area contributed by atoms with E-state index in [1.165, 1.54) is 6.33 Å². The Bertz CT molecular complexity index is 910. The number of aromatic nitrogens is 3. The van der Waals surface area contributed by atoms with E-state index in [4.69, 9.17) is 10.5 Å². The third kappa shape index (κ3) is 3.46. The zero-order valence-electron chi connectivity index (χ0n) is 17.4. The van der Waals surface area contributed by atoms with E-state index in [0.717, 1.165) is 56.5 Å². The highest BCUT2D eigenvalue weighted by atomic mass is 19.3. The second-order valence-corrected chi connectivity index (χ2v) is 9.10. The minimum atomic E-state index is -2.61. The van der Waals surface area contributed by atoms with Crippen molar-refractivity contribution in [3.8, 4) is 0 Å². The molecule has 2 N–H and O–H groups in total. The third-order valence-electron chi connectivity index (χ3n) is 7.29. The molecule has 164 valence electrons. The monoisotopic (exact) mass is 420 g/mol. The molecule has 0 aliphatic carbocycles. The standard InChI is InChI=1S/C21H30F2N6O/c1-2-27-9-7-20(8-10-27)12-21(22,23)13-28(20)11-15-3-6-18(30-15)16-4-5-17-19(24)25-14-26-29(16)17/h4-5,14-15,18H,2-3,6-13H2,1H3,(H2,24,25,26)/t15-,18+/m0/s1. The van der Waals surface area contributed by atoms with Crippen LogP contribution in [0.25, 0.3) is 5.52 Å². The highest BCUT2D eigenvalue weighted by molar-refractivity contribution is 5.65. The highest BCUT2D eigenvalue weighted by Crippen LogP contribution is 2.46. The largest absolute Gasteiger partial charge is 0.382 e. The number of ether oxygens (including phenoxy) is 1. The first kappa shape index (κ1) is 20.1. The summed E-state index contributed by atoms with van der Waals surface area (Å²) in [7, 11) is 0. The van der Waals surface area contributed by atoms with Crippen molar-refractivity contribution in [3.63, 3.8) is 0 Å². The van der Waals surface area contributed by atoms with Crippen molar-refractivity contribution >= 4 is 11.3 Å².